The number of hydrogen-bond acceptors (Lipinski definition) is 2. The zero-order valence-electron chi connectivity index (χ0n) is 8.74. The molecule has 0 aromatic heterocycles. The Hall–Kier alpha value is -1.67. The van der Waals surface area contributed by atoms with Gasteiger partial charge < -0.3 is 10.2 Å². The summed E-state index contributed by atoms with van der Waals surface area (Å²) in [5.74, 6) is 0.230. The molecule has 0 heterocycles. The van der Waals surface area contributed by atoms with Crippen molar-refractivity contribution in [1.29, 1.82) is 0 Å². The highest BCUT2D eigenvalue weighted by molar-refractivity contribution is 6.31. The summed E-state index contributed by atoms with van der Waals surface area (Å²) in [7, 11) is 0. The molecule has 0 unspecified atom stereocenters. The predicted octanol–water partition coefficient (Wildman–Crippen LogP) is 3.73. The van der Waals surface area contributed by atoms with Gasteiger partial charge in [0.15, 0.2) is 0 Å². The first-order chi connectivity index (χ1) is 7.58. The SMILES string of the molecule is Cc1ccc(O)c(-c2cc(Cl)ccc2O)c1. The van der Waals surface area contributed by atoms with Gasteiger partial charge in [0.2, 0.25) is 0 Å². The van der Waals surface area contributed by atoms with E-state index in [0.717, 1.165) is 5.56 Å². The standard InChI is InChI=1S/C13H11ClO2/c1-8-2-4-12(15)10(6-8)11-7-9(14)3-5-13(11)16/h2-7,15-16H,1H3. The van der Waals surface area contributed by atoms with Crippen LogP contribution in [0, 0.1) is 6.92 Å². The average molecular weight is 235 g/mol. The van der Waals surface area contributed by atoms with Crippen LogP contribution >= 0.6 is 11.6 Å². The maximum Gasteiger partial charge on any atom is 0.123 e. The molecule has 0 atom stereocenters. The molecule has 3 heteroatoms. The van der Waals surface area contributed by atoms with E-state index in [9.17, 15) is 10.2 Å². The number of phenolic OH excluding ortho intramolecular Hbond substituents is 2. The molecule has 2 nitrogen and oxygen atoms in total. The molecular formula is C13H11ClO2. The van der Waals surface area contributed by atoms with Crippen molar-refractivity contribution in [3.05, 3.63) is 47.0 Å². The second-order valence-electron chi connectivity index (χ2n) is 3.68. The number of hydrogen-bond donors (Lipinski definition) is 2. The third-order valence-electron chi connectivity index (χ3n) is 2.40. The Labute approximate surface area is 98.7 Å². The van der Waals surface area contributed by atoms with Crippen molar-refractivity contribution in [3.8, 4) is 22.6 Å². The Kier molecular flexibility index (Phi) is 2.75. The van der Waals surface area contributed by atoms with Crippen molar-refractivity contribution in [2.24, 2.45) is 0 Å². The Balaban J connectivity index is 2.66. The number of aryl methyl sites for hydroxylation is 1. The van der Waals surface area contributed by atoms with E-state index in [4.69, 9.17) is 11.6 Å². The van der Waals surface area contributed by atoms with Crippen LogP contribution in [0.15, 0.2) is 36.4 Å². The van der Waals surface area contributed by atoms with Crippen molar-refractivity contribution < 1.29 is 10.2 Å². The molecule has 82 valence electrons. The first-order valence-electron chi connectivity index (χ1n) is 4.86. The summed E-state index contributed by atoms with van der Waals surface area (Å²) in [5, 5.41) is 20.0. The van der Waals surface area contributed by atoms with E-state index in [1.807, 2.05) is 6.92 Å². The molecule has 2 rings (SSSR count). The number of phenols is 2. The average Bonchev–Trinajstić information content (AvgIpc) is 2.25. The van der Waals surface area contributed by atoms with Crippen LogP contribution in [0.2, 0.25) is 5.02 Å². The van der Waals surface area contributed by atoms with E-state index in [2.05, 4.69) is 0 Å². The summed E-state index contributed by atoms with van der Waals surface area (Å²) in [6, 6.07) is 9.96. The molecule has 2 aromatic carbocycles. The minimum atomic E-state index is 0.102. The lowest BCUT2D eigenvalue weighted by atomic mass is 10.0. The second kappa shape index (κ2) is 4.06. The van der Waals surface area contributed by atoms with E-state index in [1.54, 1.807) is 30.3 Å². The van der Waals surface area contributed by atoms with Gasteiger partial charge in [-0.05, 0) is 37.3 Å². The normalized spacial score (nSPS) is 10.4. The molecule has 0 bridgehead atoms. The molecule has 2 N–H and O–H groups in total. The summed E-state index contributed by atoms with van der Waals surface area (Å²) in [6.07, 6.45) is 0. The van der Waals surface area contributed by atoms with Crippen LogP contribution in [-0.2, 0) is 0 Å². The molecule has 0 saturated carbocycles. The summed E-state index contributed by atoms with van der Waals surface area (Å²) in [6.45, 7) is 1.92. The summed E-state index contributed by atoms with van der Waals surface area (Å²) in [5.41, 5.74) is 2.13. The number of benzene rings is 2. The minimum Gasteiger partial charge on any atom is -0.507 e. The van der Waals surface area contributed by atoms with Crippen LogP contribution in [0.3, 0.4) is 0 Å². The van der Waals surface area contributed by atoms with Gasteiger partial charge in [0.1, 0.15) is 11.5 Å². The van der Waals surface area contributed by atoms with Gasteiger partial charge in [0.05, 0.1) is 0 Å². The lowest BCUT2D eigenvalue weighted by molar-refractivity contribution is 0.469. The third-order valence-corrected chi connectivity index (χ3v) is 2.64. The molecule has 0 amide bonds. The zero-order valence-corrected chi connectivity index (χ0v) is 9.49. The van der Waals surface area contributed by atoms with Gasteiger partial charge in [0.25, 0.3) is 0 Å². The first kappa shape index (κ1) is 10.8. The van der Waals surface area contributed by atoms with E-state index in [-0.39, 0.29) is 11.5 Å². The van der Waals surface area contributed by atoms with Gasteiger partial charge in [0, 0.05) is 16.1 Å². The molecule has 0 saturated heterocycles. The molecular weight excluding hydrogens is 224 g/mol. The van der Waals surface area contributed by atoms with Crippen LogP contribution in [0.25, 0.3) is 11.1 Å². The van der Waals surface area contributed by atoms with E-state index in [0.29, 0.717) is 16.1 Å². The number of halogens is 1. The molecule has 0 radical (unpaired) electrons. The van der Waals surface area contributed by atoms with E-state index in [1.165, 1.54) is 6.07 Å². The molecule has 2 aromatic rings. The molecule has 0 spiro atoms. The quantitative estimate of drug-likeness (QED) is 0.789. The molecule has 0 aliphatic heterocycles. The Morgan fingerprint density at radius 1 is 0.875 bits per heavy atom. The first-order valence-corrected chi connectivity index (χ1v) is 5.24. The Morgan fingerprint density at radius 3 is 2.12 bits per heavy atom. The second-order valence-corrected chi connectivity index (χ2v) is 4.12. The van der Waals surface area contributed by atoms with Gasteiger partial charge in [-0.3, -0.25) is 0 Å². The highest BCUT2D eigenvalue weighted by atomic mass is 35.5. The maximum absolute atomic E-state index is 9.75. The fourth-order valence-corrected chi connectivity index (χ4v) is 1.76. The van der Waals surface area contributed by atoms with Crippen molar-refractivity contribution in [1.82, 2.24) is 0 Å². The largest absolute Gasteiger partial charge is 0.507 e. The fourth-order valence-electron chi connectivity index (χ4n) is 1.59. The van der Waals surface area contributed by atoms with Gasteiger partial charge in [-0.2, -0.15) is 0 Å². The van der Waals surface area contributed by atoms with E-state index >= 15 is 0 Å². The minimum absolute atomic E-state index is 0.102. The van der Waals surface area contributed by atoms with Crippen molar-refractivity contribution in [3.63, 3.8) is 0 Å². The highest BCUT2D eigenvalue weighted by Gasteiger charge is 2.09. The molecule has 0 aliphatic rings. The summed E-state index contributed by atoms with van der Waals surface area (Å²) < 4.78 is 0. The van der Waals surface area contributed by atoms with Crippen molar-refractivity contribution >= 4 is 11.6 Å². The Morgan fingerprint density at radius 2 is 1.44 bits per heavy atom. The van der Waals surface area contributed by atoms with Crippen LogP contribution in [-0.4, -0.2) is 10.2 Å². The van der Waals surface area contributed by atoms with Crippen LogP contribution in [0.5, 0.6) is 11.5 Å². The Bertz CT molecular complexity index is 486. The number of aromatic hydroxyl groups is 2. The van der Waals surface area contributed by atoms with Crippen LogP contribution < -0.4 is 0 Å². The smallest absolute Gasteiger partial charge is 0.123 e. The fraction of sp³-hybridized carbons (Fsp3) is 0.0769. The van der Waals surface area contributed by atoms with Crippen LogP contribution in [0.4, 0.5) is 0 Å². The maximum atomic E-state index is 9.75. The summed E-state index contributed by atoms with van der Waals surface area (Å²) in [4.78, 5) is 0. The topological polar surface area (TPSA) is 40.5 Å². The van der Waals surface area contributed by atoms with Crippen molar-refractivity contribution in [2.45, 2.75) is 6.92 Å². The zero-order chi connectivity index (χ0) is 11.7. The van der Waals surface area contributed by atoms with Crippen LogP contribution in [0.1, 0.15) is 5.56 Å². The molecule has 0 fully saturated rings. The number of rotatable bonds is 1. The lowest BCUT2D eigenvalue weighted by Gasteiger charge is -2.08. The molecule has 0 aliphatic carbocycles. The highest BCUT2D eigenvalue weighted by Crippen LogP contribution is 2.37. The third kappa shape index (κ3) is 1.97. The van der Waals surface area contributed by atoms with Gasteiger partial charge >= 0.3 is 0 Å². The van der Waals surface area contributed by atoms with Gasteiger partial charge in [-0.25, -0.2) is 0 Å². The monoisotopic (exact) mass is 234 g/mol. The lowest BCUT2D eigenvalue weighted by Crippen LogP contribution is -1.82. The van der Waals surface area contributed by atoms with Gasteiger partial charge in [-0.1, -0.05) is 23.2 Å². The molecule has 16 heavy (non-hydrogen) atoms. The van der Waals surface area contributed by atoms with Crippen molar-refractivity contribution in [2.75, 3.05) is 0 Å². The van der Waals surface area contributed by atoms with E-state index < -0.39 is 0 Å². The summed E-state index contributed by atoms with van der Waals surface area (Å²) >= 11 is 5.87. The van der Waals surface area contributed by atoms with Gasteiger partial charge in [-0.15, -0.1) is 0 Å². The predicted molar refractivity (Wildman–Crippen MR) is 65.0 cm³/mol.